The Kier molecular flexibility index (Phi) is 13.6. The minimum Gasteiger partial charge on any atom is -0.508 e. The van der Waals surface area contributed by atoms with E-state index in [2.05, 4.69) is 111 Å². The van der Waals surface area contributed by atoms with Crippen LogP contribution >= 0.6 is 0 Å². The zero-order valence-corrected chi connectivity index (χ0v) is 55.6. The highest BCUT2D eigenvalue weighted by atomic mass is 16.3. The van der Waals surface area contributed by atoms with Crippen molar-refractivity contribution in [1.29, 1.82) is 0 Å². The van der Waals surface area contributed by atoms with Crippen molar-refractivity contribution >= 4 is 23.2 Å². The van der Waals surface area contributed by atoms with Gasteiger partial charge in [-0.1, -0.05) is 112 Å². The molecule has 2 amide bonds. The second-order valence-corrected chi connectivity index (χ2v) is 31.8. The Hall–Kier alpha value is -9.86. The van der Waals surface area contributed by atoms with E-state index in [0.29, 0.717) is 78.6 Å². The molecule has 8 bridgehead atoms. The summed E-state index contributed by atoms with van der Waals surface area (Å²) >= 11 is 0. The van der Waals surface area contributed by atoms with Gasteiger partial charge in [-0.15, -0.1) is 25.7 Å². The first-order valence-corrected chi connectivity index (χ1v) is 33.6. The predicted octanol–water partition coefficient (Wildman–Crippen LogP) is 18.4. The van der Waals surface area contributed by atoms with Crippen LogP contribution in [0.4, 0.5) is 11.4 Å². The molecule has 474 valence electrons. The number of carbonyl (C=O) groups is 2. The summed E-state index contributed by atoms with van der Waals surface area (Å²) in [5, 5.41) is 56.1. The second kappa shape index (κ2) is 21.1. The molecule has 4 atom stereocenters. The van der Waals surface area contributed by atoms with E-state index in [1.165, 1.54) is 49.7 Å². The lowest BCUT2D eigenvalue weighted by Crippen LogP contribution is -2.56. The number of phenolic OH excluding ortho intramolecular Hbond substituents is 4. The Bertz CT molecular complexity index is 4590. The fourth-order valence-electron chi connectivity index (χ4n) is 22.2. The van der Waals surface area contributed by atoms with Gasteiger partial charge in [0.05, 0.1) is 27.9 Å². The lowest BCUT2D eigenvalue weighted by Gasteiger charge is -2.65. The van der Waals surface area contributed by atoms with Gasteiger partial charge in [0, 0.05) is 33.4 Å². The van der Waals surface area contributed by atoms with Crippen molar-refractivity contribution in [2.45, 2.75) is 149 Å². The number of phenols is 4. The van der Waals surface area contributed by atoms with E-state index < -0.39 is 17.2 Å². The molecule has 0 spiro atoms. The maximum atomic E-state index is 15.0. The monoisotopic (exact) mass is 1250 g/mol. The number of anilines is 2. The maximum absolute atomic E-state index is 15.0. The number of rotatable bonds is 10. The number of fused-ring (bicyclic) bond motifs is 3. The van der Waals surface area contributed by atoms with Crippen LogP contribution in [0.2, 0.25) is 0 Å². The molecule has 17 rings (SSSR count). The average Bonchev–Trinajstić information content (AvgIpc) is 1.60. The topological polar surface area (TPSA) is 139 Å². The number of nitrogens with one attached hydrogen (secondary N) is 2. The minimum absolute atomic E-state index is 0.0224. The fraction of sp³-hybridized carbons (Fsp3) is 0.333. The van der Waals surface area contributed by atoms with Gasteiger partial charge in [0.2, 0.25) is 0 Å². The normalized spacial score (nSPS) is 26.6. The summed E-state index contributed by atoms with van der Waals surface area (Å²) in [5.41, 5.74) is 12.5. The molecule has 8 nitrogen and oxygen atoms in total. The van der Waals surface area contributed by atoms with Crippen LogP contribution in [0.15, 0.2) is 121 Å². The third-order valence-electron chi connectivity index (χ3n) is 24.0. The molecular weight excluding hydrogens is 1170 g/mol. The molecule has 0 aliphatic heterocycles. The molecule has 8 fully saturated rings. The fourth-order valence-corrected chi connectivity index (χ4v) is 22.2. The molecular formula is C87H80N2O6. The summed E-state index contributed by atoms with van der Waals surface area (Å²) in [6.07, 6.45) is 38.4. The summed E-state index contributed by atoms with van der Waals surface area (Å²) in [4.78, 5) is 30.1. The Morgan fingerprint density at radius 1 is 0.411 bits per heavy atom. The molecule has 8 saturated carbocycles. The van der Waals surface area contributed by atoms with E-state index in [1.54, 1.807) is 74.5 Å². The number of aromatic hydroxyl groups is 4. The van der Waals surface area contributed by atoms with E-state index in [1.807, 2.05) is 26.0 Å². The molecule has 9 aliphatic carbocycles. The Labute approximate surface area is 559 Å². The van der Waals surface area contributed by atoms with Crippen LogP contribution in [0.1, 0.15) is 203 Å². The summed E-state index contributed by atoms with van der Waals surface area (Å²) in [7, 11) is 0. The number of hydrogen-bond acceptors (Lipinski definition) is 6. The average molecular weight is 1250 g/mol. The Balaban J connectivity index is 1.11. The van der Waals surface area contributed by atoms with Crippen LogP contribution in [0, 0.1) is 111 Å². The number of carbonyl (C=O) groups excluding carboxylic acids is 2. The van der Waals surface area contributed by atoms with Crippen molar-refractivity contribution in [3.8, 4) is 106 Å². The number of hydrogen-bond donors (Lipinski definition) is 6. The van der Waals surface area contributed by atoms with Crippen LogP contribution in [-0.2, 0) is 16.2 Å². The van der Waals surface area contributed by atoms with Crippen LogP contribution < -0.4 is 10.6 Å². The summed E-state index contributed by atoms with van der Waals surface area (Å²) in [6, 6.07) is 39.4. The molecule has 0 radical (unpaired) electrons. The number of amides is 2. The zero-order valence-electron chi connectivity index (χ0n) is 55.6. The standard InChI is InChI=1S/C87H80N2O6/c1-13-53-19-17-21-57(31-53)79(94)88-75-61(15-3)77(92)51(7)27-67(75)65-35-73(90)49(5)29-69(65)87(70-30-50(6)74(91)36-66(70)68-28-52(8)78(93)62(16-4)76(68)89-80(95)58-22-18-20-54(14-2)32-58)71-33-59(85-41-55-37-81(9,45-85)43-82(10,38-55)46-85)23-25-63(71)64-26-24-60(34-72(64)87)86-42-56-39-83(11,47-86)44-84(12,40-56)48-86/h1-4,17-36,55-56,90-93H,37-48H2,5-12H3,(H,88,94)(H,89,95). The SMILES string of the molecule is C#Cc1cccc(C(=O)Nc2c(-c3cc(O)c(C)cc3C3(c4cc(C)c(O)cc4-c4cc(C)c(O)c(C#C)c4NC(=O)c4cccc(C#C)c4)c4cc(C56CC7CC(C)(CC(C)(C7)C5)C6)ccc4-c4ccc(C56CC7CC(C)(CC(C)(C7)C5)C6)cc43)cc(C)c(O)c2C#C)c1. The van der Waals surface area contributed by atoms with Crippen molar-refractivity contribution in [1.82, 2.24) is 0 Å². The first kappa shape index (κ1) is 61.3. The van der Waals surface area contributed by atoms with E-state index >= 15 is 9.59 Å². The van der Waals surface area contributed by atoms with Gasteiger partial charge in [0.1, 0.15) is 23.0 Å². The Morgan fingerprint density at radius 2 is 0.779 bits per heavy atom. The van der Waals surface area contributed by atoms with Gasteiger partial charge in [0.25, 0.3) is 11.8 Å². The van der Waals surface area contributed by atoms with E-state index in [0.717, 1.165) is 60.8 Å². The van der Waals surface area contributed by atoms with E-state index in [4.69, 9.17) is 25.7 Å². The van der Waals surface area contributed by atoms with E-state index in [9.17, 15) is 20.4 Å². The highest BCUT2D eigenvalue weighted by Crippen LogP contribution is 2.73. The van der Waals surface area contributed by atoms with Crippen LogP contribution in [0.25, 0.3) is 33.4 Å². The summed E-state index contributed by atoms with van der Waals surface area (Å²) < 4.78 is 0. The molecule has 8 aromatic rings. The molecule has 8 aromatic carbocycles. The quantitative estimate of drug-likeness (QED) is 0.0754. The summed E-state index contributed by atoms with van der Waals surface area (Å²) in [5.74, 6) is 10.5. The largest absolute Gasteiger partial charge is 0.508 e. The van der Waals surface area contributed by atoms with Gasteiger partial charge in [-0.3, -0.25) is 9.59 Å². The van der Waals surface area contributed by atoms with Crippen LogP contribution in [0.3, 0.4) is 0 Å². The lowest BCUT2D eigenvalue weighted by molar-refractivity contribution is -0.110. The highest BCUT2D eigenvalue weighted by Gasteiger charge is 2.63. The van der Waals surface area contributed by atoms with Crippen LogP contribution in [0.5, 0.6) is 23.0 Å². The van der Waals surface area contributed by atoms with Gasteiger partial charge in [-0.05, 0) is 288 Å². The van der Waals surface area contributed by atoms with Gasteiger partial charge < -0.3 is 31.1 Å². The third-order valence-corrected chi connectivity index (χ3v) is 24.0. The number of terminal acetylenes is 4. The third kappa shape index (κ3) is 9.37. The first-order valence-electron chi connectivity index (χ1n) is 33.6. The molecule has 8 heteroatoms. The predicted molar refractivity (Wildman–Crippen MR) is 379 cm³/mol. The maximum Gasteiger partial charge on any atom is 0.255 e. The first-order chi connectivity index (χ1) is 45.2. The van der Waals surface area contributed by atoms with Crippen molar-refractivity contribution in [3.05, 3.63) is 210 Å². The van der Waals surface area contributed by atoms with Crippen LogP contribution in [-0.4, -0.2) is 32.2 Å². The second-order valence-electron chi connectivity index (χ2n) is 31.8. The Morgan fingerprint density at radius 3 is 1.13 bits per heavy atom. The smallest absolute Gasteiger partial charge is 0.255 e. The number of benzene rings is 8. The van der Waals surface area contributed by atoms with Crippen molar-refractivity contribution in [3.63, 3.8) is 0 Å². The highest BCUT2D eigenvalue weighted by molar-refractivity contribution is 6.10. The van der Waals surface area contributed by atoms with Gasteiger partial charge in [-0.25, -0.2) is 0 Å². The molecule has 0 aromatic heterocycles. The molecule has 0 heterocycles. The molecule has 4 unspecified atom stereocenters. The molecule has 0 saturated heterocycles. The molecule has 6 N–H and O–H groups in total. The summed E-state index contributed by atoms with van der Waals surface area (Å²) in [6.45, 7) is 17.4. The lowest BCUT2D eigenvalue weighted by atomic mass is 9.39. The van der Waals surface area contributed by atoms with Gasteiger partial charge in [-0.2, -0.15) is 0 Å². The van der Waals surface area contributed by atoms with Gasteiger partial charge >= 0.3 is 0 Å². The van der Waals surface area contributed by atoms with Gasteiger partial charge in [0.15, 0.2) is 0 Å². The van der Waals surface area contributed by atoms with Crippen molar-refractivity contribution in [2.24, 2.45) is 33.5 Å². The van der Waals surface area contributed by atoms with E-state index in [-0.39, 0.29) is 89.1 Å². The van der Waals surface area contributed by atoms with Crippen molar-refractivity contribution in [2.75, 3.05) is 10.6 Å². The van der Waals surface area contributed by atoms with Crippen molar-refractivity contribution < 1.29 is 30.0 Å². The zero-order chi connectivity index (χ0) is 66.8. The minimum atomic E-state index is -1.44. The number of aryl methyl sites for hydroxylation is 4. The molecule has 95 heavy (non-hydrogen) atoms. The molecule has 9 aliphatic rings.